The van der Waals surface area contributed by atoms with Gasteiger partial charge in [-0.05, 0) is 33.0 Å². The molecule has 0 bridgehead atoms. The van der Waals surface area contributed by atoms with Crippen molar-refractivity contribution in [1.82, 2.24) is 20.0 Å². The van der Waals surface area contributed by atoms with Gasteiger partial charge in [-0.25, -0.2) is 0 Å². The van der Waals surface area contributed by atoms with Gasteiger partial charge in [0.2, 0.25) is 0 Å². The molecule has 1 aromatic heterocycles. The first-order valence-corrected chi connectivity index (χ1v) is 6.37. The SMILES string of the molecule is CC1CN(C(=O)c2ccc(Cl)nn2)CC(C)N1C. The number of halogens is 1. The first-order chi connectivity index (χ1) is 8.49. The second-order valence-corrected chi connectivity index (χ2v) is 5.20. The highest BCUT2D eigenvalue weighted by atomic mass is 35.5. The summed E-state index contributed by atoms with van der Waals surface area (Å²) in [4.78, 5) is 16.4. The van der Waals surface area contributed by atoms with Gasteiger partial charge < -0.3 is 4.90 Å². The van der Waals surface area contributed by atoms with Crippen molar-refractivity contribution >= 4 is 17.5 Å². The minimum absolute atomic E-state index is 0.0778. The topological polar surface area (TPSA) is 49.3 Å². The molecule has 0 saturated carbocycles. The molecule has 2 unspecified atom stereocenters. The Morgan fingerprint density at radius 1 is 1.28 bits per heavy atom. The van der Waals surface area contributed by atoms with Crippen LogP contribution in [-0.2, 0) is 0 Å². The van der Waals surface area contributed by atoms with Crippen molar-refractivity contribution < 1.29 is 4.79 Å². The van der Waals surface area contributed by atoms with E-state index in [-0.39, 0.29) is 5.91 Å². The molecule has 0 N–H and O–H groups in total. The molecule has 1 aliphatic rings. The van der Waals surface area contributed by atoms with Crippen molar-refractivity contribution in [3.8, 4) is 0 Å². The van der Waals surface area contributed by atoms with Crippen LogP contribution in [0.5, 0.6) is 0 Å². The second kappa shape index (κ2) is 5.20. The fraction of sp³-hybridized carbons (Fsp3) is 0.583. The van der Waals surface area contributed by atoms with Gasteiger partial charge in [0.1, 0.15) is 0 Å². The van der Waals surface area contributed by atoms with Gasteiger partial charge in [0.15, 0.2) is 10.8 Å². The lowest BCUT2D eigenvalue weighted by Gasteiger charge is -2.42. The summed E-state index contributed by atoms with van der Waals surface area (Å²) in [6.45, 7) is 5.65. The predicted octanol–water partition coefficient (Wildman–Crippen LogP) is 1.29. The van der Waals surface area contributed by atoms with Crippen LogP contribution >= 0.6 is 11.6 Å². The minimum Gasteiger partial charge on any atom is -0.334 e. The van der Waals surface area contributed by atoms with E-state index in [0.717, 1.165) is 0 Å². The zero-order valence-electron chi connectivity index (χ0n) is 10.8. The molecule has 0 aromatic carbocycles. The Balaban J connectivity index is 2.12. The Morgan fingerprint density at radius 3 is 2.39 bits per heavy atom. The summed E-state index contributed by atoms with van der Waals surface area (Å²) in [5.74, 6) is -0.0778. The van der Waals surface area contributed by atoms with E-state index in [1.54, 1.807) is 12.1 Å². The van der Waals surface area contributed by atoms with E-state index in [1.807, 2.05) is 4.90 Å². The number of piperazine rings is 1. The van der Waals surface area contributed by atoms with E-state index in [4.69, 9.17) is 11.6 Å². The minimum atomic E-state index is -0.0778. The number of carbonyl (C=O) groups is 1. The molecule has 1 amide bonds. The van der Waals surface area contributed by atoms with Crippen LogP contribution in [0.25, 0.3) is 0 Å². The number of amides is 1. The Hall–Kier alpha value is -1.20. The van der Waals surface area contributed by atoms with Gasteiger partial charge in [0, 0.05) is 25.2 Å². The molecular weight excluding hydrogens is 252 g/mol. The van der Waals surface area contributed by atoms with E-state index in [2.05, 4.69) is 36.0 Å². The molecule has 1 aromatic rings. The van der Waals surface area contributed by atoms with Crippen LogP contribution in [0.4, 0.5) is 0 Å². The van der Waals surface area contributed by atoms with Gasteiger partial charge in [0.25, 0.3) is 5.91 Å². The van der Waals surface area contributed by atoms with E-state index in [1.165, 1.54) is 0 Å². The highest BCUT2D eigenvalue weighted by Crippen LogP contribution is 2.15. The molecule has 2 heterocycles. The third kappa shape index (κ3) is 2.62. The summed E-state index contributed by atoms with van der Waals surface area (Å²) in [6, 6.07) is 3.90. The van der Waals surface area contributed by atoms with Crippen LogP contribution in [0.2, 0.25) is 5.15 Å². The van der Waals surface area contributed by atoms with Gasteiger partial charge in [-0.15, -0.1) is 10.2 Å². The lowest BCUT2D eigenvalue weighted by atomic mass is 10.1. The molecule has 0 radical (unpaired) electrons. The van der Waals surface area contributed by atoms with Gasteiger partial charge in [0.05, 0.1) is 0 Å². The molecule has 98 valence electrons. The standard InChI is InChI=1S/C12H17ClN4O/c1-8-6-17(7-9(2)16(8)3)12(18)10-4-5-11(13)15-14-10/h4-5,8-9H,6-7H2,1-3H3. The Bertz CT molecular complexity index is 424. The number of rotatable bonds is 1. The molecular formula is C12H17ClN4O. The second-order valence-electron chi connectivity index (χ2n) is 4.81. The van der Waals surface area contributed by atoms with E-state index < -0.39 is 0 Å². The number of likely N-dealkylation sites (N-methyl/N-ethyl adjacent to an activating group) is 1. The zero-order chi connectivity index (χ0) is 13.3. The smallest absolute Gasteiger partial charge is 0.274 e. The van der Waals surface area contributed by atoms with Crippen molar-refractivity contribution in [2.75, 3.05) is 20.1 Å². The van der Waals surface area contributed by atoms with E-state index in [9.17, 15) is 4.79 Å². The summed E-state index contributed by atoms with van der Waals surface area (Å²) in [5, 5.41) is 7.84. The third-order valence-corrected chi connectivity index (χ3v) is 3.70. The number of hydrogen-bond acceptors (Lipinski definition) is 4. The Kier molecular flexibility index (Phi) is 3.82. The maximum atomic E-state index is 12.3. The van der Waals surface area contributed by atoms with Crippen LogP contribution in [0.15, 0.2) is 12.1 Å². The quantitative estimate of drug-likeness (QED) is 0.770. The molecule has 1 fully saturated rings. The largest absolute Gasteiger partial charge is 0.334 e. The molecule has 0 spiro atoms. The number of carbonyl (C=O) groups excluding carboxylic acids is 1. The normalized spacial score (nSPS) is 25.2. The summed E-state index contributed by atoms with van der Waals surface area (Å²) in [6.07, 6.45) is 0. The van der Waals surface area contributed by atoms with Crippen LogP contribution < -0.4 is 0 Å². The Morgan fingerprint density at radius 2 is 1.89 bits per heavy atom. The van der Waals surface area contributed by atoms with Gasteiger partial charge in [-0.1, -0.05) is 11.6 Å². The van der Waals surface area contributed by atoms with Gasteiger partial charge >= 0.3 is 0 Å². The first kappa shape index (κ1) is 13.2. The zero-order valence-corrected chi connectivity index (χ0v) is 11.6. The van der Waals surface area contributed by atoms with Crippen molar-refractivity contribution in [1.29, 1.82) is 0 Å². The fourth-order valence-corrected chi connectivity index (χ4v) is 2.26. The van der Waals surface area contributed by atoms with Crippen molar-refractivity contribution in [3.05, 3.63) is 23.0 Å². The average molecular weight is 269 g/mol. The van der Waals surface area contributed by atoms with Crippen molar-refractivity contribution in [3.63, 3.8) is 0 Å². The molecule has 2 atom stereocenters. The monoisotopic (exact) mass is 268 g/mol. The van der Waals surface area contributed by atoms with Gasteiger partial charge in [-0.3, -0.25) is 9.69 Å². The maximum absolute atomic E-state index is 12.3. The van der Waals surface area contributed by atoms with Crippen LogP contribution in [0.1, 0.15) is 24.3 Å². The number of hydrogen-bond donors (Lipinski definition) is 0. The van der Waals surface area contributed by atoms with Crippen molar-refractivity contribution in [2.24, 2.45) is 0 Å². The third-order valence-electron chi connectivity index (χ3n) is 3.50. The molecule has 5 nitrogen and oxygen atoms in total. The summed E-state index contributed by atoms with van der Waals surface area (Å²) in [7, 11) is 2.08. The molecule has 1 aliphatic heterocycles. The van der Waals surface area contributed by atoms with Crippen LogP contribution in [-0.4, -0.2) is 58.1 Å². The average Bonchev–Trinajstić information content (AvgIpc) is 2.35. The summed E-state index contributed by atoms with van der Waals surface area (Å²) >= 11 is 5.66. The highest BCUT2D eigenvalue weighted by Gasteiger charge is 2.30. The summed E-state index contributed by atoms with van der Waals surface area (Å²) < 4.78 is 0. The molecule has 18 heavy (non-hydrogen) atoms. The summed E-state index contributed by atoms with van der Waals surface area (Å²) in [5.41, 5.74) is 0.350. The van der Waals surface area contributed by atoms with Crippen LogP contribution in [0.3, 0.4) is 0 Å². The molecule has 1 saturated heterocycles. The lowest BCUT2D eigenvalue weighted by molar-refractivity contribution is 0.0408. The molecule has 6 heteroatoms. The number of aromatic nitrogens is 2. The van der Waals surface area contributed by atoms with Gasteiger partial charge in [-0.2, -0.15) is 0 Å². The lowest BCUT2D eigenvalue weighted by Crippen LogP contribution is -2.56. The van der Waals surface area contributed by atoms with E-state index in [0.29, 0.717) is 36.0 Å². The van der Waals surface area contributed by atoms with E-state index >= 15 is 0 Å². The maximum Gasteiger partial charge on any atom is 0.274 e. The predicted molar refractivity (Wildman–Crippen MR) is 69.6 cm³/mol. The first-order valence-electron chi connectivity index (χ1n) is 5.99. The Labute approximate surface area is 112 Å². The highest BCUT2D eigenvalue weighted by molar-refractivity contribution is 6.29. The fourth-order valence-electron chi connectivity index (χ4n) is 2.16. The van der Waals surface area contributed by atoms with Crippen LogP contribution in [0, 0.1) is 0 Å². The molecule has 0 aliphatic carbocycles. The number of nitrogens with zero attached hydrogens (tertiary/aromatic N) is 4. The molecule has 2 rings (SSSR count). The van der Waals surface area contributed by atoms with Crippen molar-refractivity contribution in [2.45, 2.75) is 25.9 Å².